The van der Waals surface area contributed by atoms with E-state index < -0.39 is 5.97 Å². The molecule has 0 fully saturated rings. The number of carboxylic acid groups (broad SMARTS) is 1. The summed E-state index contributed by atoms with van der Waals surface area (Å²) in [6.45, 7) is -0.0304. The van der Waals surface area contributed by atoms with Crippen LogP contribution in [-0.2, 0) is 12.4 Å². The maximum absolute atomic E-state index is 11.6. The molecule has 0 unspecified atom stereocenters. The Kier molecular flexibility index (Phi) is 3.63. The molecular weight excluding hydrogens is 324 g/mol. The van der Waals surface area contributed by atoms with Crippen LogP contribution in [0, 0.1) is 0 Å². The van der Waals surface area contributed by atoms with E-state index in [9.17, 15) is 15.0 Å². The molecule has 2 N–H and O–H groups in total. The number of benzene rings is 2. The molecule has 4 rings (SSSR count). The number of hydrogen-bond acceptors (Lipinski definition) is 4. The second kappa shape index (κ2) is 5.81. The molecule has 0 aliphatic carbocycles. The zero-order chi connectivity index (χ0) is 16.7. The zero-order valence-electron chi connectivity index (χ0n) is 12.6. The fourth-order valence-corrected chi connectivity index (χ4v) is 3.97. The Hall–Kier alpha value is -2.57. The fourth-order valence-electron chi connectivity index (χ4n) is 2.90. The molecule has 6 heteroatoms. The van der Waals surface area contributed by atoms with Crippen LogP contribution in [0.15, 0.2) is 53.4 Å². The quantitative estimate of drug-likeness (QED) is 0.766. The molecule has 0 amide bonds. The zero-order valence-corrected chi connectivity index (χ0v) is 13.5. The van der Waals surface area contributed by atoms with Crippen LogP contribution in [0.5, 0.6) is 0 Å². The lowest BCUT2D eigenvalue weighted by Gasteiger charge is -2.18. The van der Waals surface area contributed by atoms with E-state index >= 15 is 0 Å². The Morgan fingerprint density at radius 1 is 1.17 bits per heavy atom. The number of hydrogen-bond donors (Lipinski definition) is 2. The van der Waals surface area contributed by atoms with Gasteiger partial charge in [-0.1, -0.05) is 30.3 Å². The number of aliphatic hydroxyl groups excluding tert-OH is 1. The molecule has 0 spiro atoms. The first-order valence-electron chi connectivity index (χ1n) is 7.46. The van der Waals surface area contributed by atoms with E-state index in [1.165, 1.54) is 0 Å². The number of carbonyl (C=O) groups is 1. The second-order valence-corrected chi connectivity index (χ2v) is 6.52. The summed E-state index contributed by atoms with van der Waals surface area (Å²) in [6, 6.07) is 15.3. The number of aromatic nitrogens is 2. The van der Waals surface area contributed by atoms with Gasteiger partial charge in [0.05, 0.1) is 18.0 Å². The van der Waals surface area contributed by atoms with Crippen molar-refractivity contribution in [1.29, 1.82) is 0 Å². The molecule has 0 saturated heterocycles. The van der Waals surface area contributed by atoms with Crippen LogP contribution in [0.2, 0.25) is 0 Å². The summed E-state index contributed by atoms with van der Waals surface area (Å²) in [5.74, 6) is -0.431. The number of carboxylic acids is 1. The first kappa shape index (κ1) is 15.0. The Labute approximate surface area is 142 Å². The molecule has 1 aromatic heterocycles. The Bertz CT molecular complexity index is 932. The minimum atomic E-state index is -1.02. The van der Waals surface area contributed by atoms with Gasteiger partial charge >= 0.3 is 5.97 Å². The Morgan fingerprint density at radius 3 is 2.62 bits per heavy atom. The molecule has 3 aromatic rings. The summed E-state index contributed by atoms with van der Waals surface area (Å²) >= 11 is 1.63. The predicted octanol–water partition coefficient (Wildman–Crippen LogP) is 3.34. The molecule has 24 heavy (non-hydrogen) atoms. The van der Waals surface area contributed by atoms with Gasteiger partial charge in [0.1, 0.15) is 0 Å². The number of nitrogens with zero attached hydrogens (tertiary/aromatic N) is 2. The predicted molar refractivity (Wildman–Crippen MR) is 91.4 cm³/mol. The van der Waals surface area contributed by atoms with Gasteiger partial charge in [-0.25, -0.2) is 9.48 Å². The van der Waals surface area contributed by atoms with E-state index in [0.717, 1.165) is 33.0 Å². The molecule has 5 nitrogen and oxygen atoms in total. The van der Waals surface area contributed by atoms with Gasteiger partial charge in [-0.3, -0.25) is 0 Å². The Balaban J connectivity index is 1.97. The maximum atomic E-state index is 11.6. The molecule has 2 heterocycles. The van der Waals surface area contributed by atoms with Gasteiger partial charge in [-0.05, 0) is 23.8 Å². The van der Waals surface area contributed by atoms with E-state index in [0.29, 0.717) is 5.75 Å². The average Bonchev–Trinajstić information content (AvgIpc) is 3.02. The lowest BCUT2D eigenvalue weighted by atomic mass is 10.1. The summed E-state index contributed by atoms with van der Waals surface area (Å²) in [6.07, 6.45) is 0. The Morgan fingerprint density at radius 2 is 1.92 bits per heavy atom. The SMILES string of the molecule is O=C(O)c1nn(-c2ccc(CO)cc2)c2c1CSc1ccccc1-2. The van der Waals surface area contributed by atoms with Crippen molar-refractivity contribution < 1.29 is 15.0 Å². The van der Waals surface area contributed by atoms with E-state index in [-0.39, 0.29) is 12.3 Å². The lowest BCUT2D eigenvalue weighted by Crippen LogP contribution is -2.03. The second-order valence-electron chi connectivity index (χ2n) is 5.50. The van der Waals surface area contributed by atoms with Crippen molar-refractivity contribution >= 4 is 17.7 Å². The van der Waals surface area contributed by atoms with Crippen LogP contribution in [0.1, 0.15) is 21.6 Å². The van der Waals surface area contributed by atoms with Gasteiger partial charge in [0, 0.05) is 21.8 Å². The van der Waals surface area contributed by atoms with Gasteiger partial charge in [-0.15, -0.1) is 11.8 Å². The summed E-state index contributed by atoms with van der Waals surface area (Å²) in [5, 5.41) is 23.1. The average molecular weight is 338 g/mol. The molecule has 0 atom stereocenters. The van der Waals surface area contributed by atoms with Gasteiger partial charge in [0.15, 0.2) is 5.69 Å². The van der Waals surface area contributed by atoms with Crippen molar-refractivity contribution in [3.63, 3.8) is 0 Å². The van der Waals surface area contributed by atoms with Crippen molar-refractivity contribution in [2.75, 3.05) is 0 Å². The molecule has 1 aliphatic rings. The first-order valence-corrected chi connectivity index (χ1v) is 8.45. The van der Waals surface area contributed by atoms with Crippen LogP contribution in [-0.4, -0.2) is 26.0 Å². The van der Waals surface area contributed by atoms with Gasteiger partial charge in [0.25, 0.3) is 0 Å². The molecular formula is C18H14N2O3S. The van der Waals surface area contributed by atoms with E-state index in [4.69, 9.17) is 0 Å². The number of aromatic carboxylic acids is 1. The molecule has 1 aliphatic heterocycles. The van der Waals surface area contributed by atoms with E-state index in [1.54, 1.807) is 16.4 Å². The summed E-state index contributed by atoms with van der Waals surface area (Å²) < 4.78 is 1.69. The normalized spacial score (nSPS) is 12.5. The van der Waals surface area contributed by atoms with Gasteiger partial charge in [0.2, 0.25) is 0 Å². The smallest absolute Gasteiger partial charge is 0.356 e. The number of rotatable bonds is 3. The number of fused-ring (bicyclic) bond motifs is 3. The fraction of sp³-hybridized carbons (Fsp3) is 0.111. The van der Waals surface area contributed by atoms with E-state index in [2.05, 4.69) is 5.10 Å². The standard InChI is InChI=1S/C18H14N2O3S/c21-9-11-5-7-12(8-6-11)20-17-13-3-1-2-4-15(13)24-10-14(17)16(19-20)18(22)23/h1-8,21H,9-10H2,(H,22,23). The number of aliphatic hydroxyl groups is 1. The van der Waals surface area contributed by atoms with Crippen LogP contribution in [0.4, 0.5) is 0 Å². The molecule has 0 bridgehead atoms. The van der Waals surface area contributed by atoms with E-state index in [1.807, 2.05) is 48.5 Å². The summed E-state index contributed by atoms with van der Waals surface area (Å²) in [5.41, 5.74) is 4.25. The number of thioether (sulfide) groups is 1. The first-order chi connectivity index (χ1) is 11.7. The van der Waals surface area contributed by atoms with Gasteiger partial charge in [-0.2, -0.15) is 5.10 Å². The van der Waals surface area contributed by atoms with Gasteiger partial charge < -0.3 is 10.2 Å². The highest BCUT2D eigenvalue weighted by molar-refractivity contribution is 7.98. The lowest BCUT2D eigenvalue weighted by molar-refractivity contribution is 0.0689. The highest BCUT2D eigenvalue weighted by Gasteiger charge is 2.28. The largest absolute Gasteiger partial charge is 0.476 e. The van der Waals surface area contributed by atoms with Crippen molar-refractivity contribution in [2.45, 2.75) is 17.3 Å². The maximum Gasteiger partial charge on any atom is 0.356 e. The monoisotopic (exact) mass is 338 g/mol. The molecule has 120 valence electrons. The third-order valence-corrected chi connectivity index (χ3v) is 5.16. The molecule has 2 aromatic carbocycles. The molecule has 0 radical (unpaired) electrons. The highest BCUT2D eigenvalue weighted by Crippen LogP contribution is 2.43. The molecule has 0 saturated carbocycles. The van der Waals surface area contributed by atoms with Crippen molar-refractivity contribution in [2.24, 2.45) is 0 Å². The summed E-state index contributed by atoms with van der Waals surface area (Å²) in [7, 11) is 0. The highest BCUT2D eigenvalue weighted by atomic mass is 32.2. The van der Waals surface area contributed by atoms with Crippen LogP contribution >= 0.6 is 11.8 Å². The third-order valence-electron chi connectivity index (χ3n) is 4.06. The van der Waals surface area contributed by atoms with Crippen LogP contribution in [0.25, 0.3) is 16.9 Å². The van der Waals surface area contributed by atoms with Crippen molar-refractivity contribution in [1.82, 2.24) is 9.78 Å². The summed E-state index contributed by atoms with van der Waals surface area (Å²) in [4.78, 5) is 12.7. The minimum absolute atomic E-state index is 0.0304. The third kappa shape index (κ3) is 2.31. The van der Waals surface area contributed by atoms with Crippen molar-refractivity contribution in [3.8, 4) is 16.9 Å². The van der Waals surface area contributed by atoms with Crippen LogP contribution in [0.3, 0.4) is 0 Å². The van der Waals surface area contributed by atoms with Crippen LogP contribution < -0.4 is 0 Å². The minimum Gasteiger partial charge on any atom is -0.476 e. The van der Waals surface area contributed by atoms with Crippen molar-refractivity contribution in [3.05, 3.63) is 65.4 Å². The topological polar surface area (TPSA) is 75.3 Å².